The minimum atomic E-state index is -3.97. The van der Waals surface area contributed by atoms with Crippen molar-refractivity contribution in [2.45, 2.75) is 16.6 Å². The zero-order chi connectivity index (χ0) is 13.5. The SMILES string of the molecule is O=C(O)CC1C(=O)Nc2ccc(Br)cc2S1(=O)=O. The van der Waals surface area contributed by atoms with E-state index in [-0.39, 0.29) is 10.6 Å². The summed E-state index contributed by atoms with van der Waals surface area (Å²) in [5.74, 6) is -2.15. The first-order valence-electron chi connectivity index (χ1n) is 4.88. The van der Waals surface area contributed by atoms with Crippen LogP contribution in [0.4, 0.5) is 5.69 Å². The molecule has 8 heteroatoms. The Hall–Kier alpha value is -1.41. The number of aliphatic carboxylic acids is 1. The predicted octanol–water partition coefficient (Wildman–Crippen LogP) is 1.02. The molecule has 0 saturated carbocycles. The molecule has 2 rings (SSSR count). The number of sulfone groups is 1. The summed E-state index contributed by atoms with van der Waals surface area (Å²) < 4.78 is 24.9. The summed E-state index contributed by atoms with van der Waals surface area (Å²) in [5, 5.41) is 9.47. The minimum absolute atomic E-state index is 0.0669. The van der Waals surface area contributed by atoms with Gasteiger partial charge in [-0.05, 0) is 18.2 Å². The number of carboxylic acids is 1. The Morgan fingerprint density at radius 3 is 2.72 bits per heavy atom. The number of fused-ring (bicyclic) bond motifs is 1. The molecule has 1 aliphatic rings. The standard InChI is InChI=1S/C10H8BrNO5S/c11-5-1-2-6-7(3-5)18(16,17)8(4-9(13)14)10(15)12-6/h1-3,8H,4H2,(H,12,15)(H,13,14). The van der Waals surface area contributed by atoms with Gasteiger partial charge in [-0.25, -0.2) is 8.42 Å². The molecule has 1 atom stereocenters. The number of hydrogen-bond donors (Lipinski definition) is 2. The van der Waals surface area contributed by atoms with Crippen LogP contribution in [0.25, 0.3) is 0 Å². The molecule has 1 aromatic rings. The van der Waals surface area contributed by atoms with Gasteiger partial charge in [0.15, 0.2) is 15.1 Å². The first-order valence-corrected chi connectivity index (χ1v) is 7.22. The number of rotatable bonds is 2. The van der Waals surface area contributed by atoms with Gasteiger partial charge >= 0.3 is 5.97 Å². The highest BCUT2D eigenvalue weighted by Crippen LogP contribution is 2.33. The highest BCUT2D eigenvalue weighted by atomic mass is 79.9. The van der Waals surface area contributed by atoms with Crippen LogP contribution in [-0.4, -0.2) is 30.7 Å². The van der Waals surface area contributed by atoms with Gasteiger partial charge in [0.05, 0.1) is 17.0 Å². The normalized spacial score (nSPS) is 20.9. The van der Waals surface area contributed by atoms with Crippen LogP contribution >= 0.6 is 15.9 Å². The van der Waals surface area contributed by atoms with Crippen molar-refractivity contribution >= 4 is 43.3 Å². The monoisotopic (exact) mass is 333 g/mol. The van der Waals surface area contributed by atoms with Gasteiger partial charge in [0.2, 0.25) is 5.91 Å². The summed E-state index contributed by atoms with van der Waals surface area (Å²) in [7, 11) is -3.97. The molecule has 6 nitrogen and oxygen atoms in total. The molecule has 0 aliphatic carbocycles. The first kappa shape index (κ1) is 13.0. The Morgan fingerprint density at radius 1 is 1.44 bits per heavy atom. The number of carbonyl (C=O) groups is 2. The maximum atomic E-state index is 12.2. The van der Waals surface area contributed by atoms with Crippen molar-refractivity contribution in [1.29, 1.82) is 0 Å². The maximum Gasteiger partial charge on any atom is 0.305 e. The zero-order valence-corrected chi connectivity index (χ0v) is 11.3. The fourth-order valence-electron chi connectivity index (χ4n) is 1.70. The summed E-state index contributed by atoms with van der Waals surface area (Å²) >= 11 is 3.13. The van der Waals surface area contributed by atoms with E-state index in [9.17, 15) is 18.0 Å². The number of nitrogens with one attached hydrogen (secondary N) is 1. The van der Waals surface area contributed by atoms with E-state index in [1.807, 2.05) is 0 Å². The molecule has 0 fully saturated rings. The topological polar surface area (TPSA) is 101 Å². The lowest BCUT2D eigenvalue weighted by molar-refractivity contribution is -0.138. The average molecular weight is 334 g/mol. The lowest BCUT2D eigenvalue weighted by atomic mass is 10.2. The number of hydrogen-bond acceptors (Lipinski definition) is 4. The third-order valence-electron chi connectivity index (χ3n) is 2.54. The molecule has 0 aromatic heterocycles. The molecule has 1 amide bonds. The summed E-state index contributed by atoms with van der Waals surface area (Å²) in [6.07, 6.45) is -0.750. The van der Waals surface area contributed by atoms with Crippen LogP contribution < -0.4 is 5.32 Å². The number of benzene rings is 1. The lowest BCUT2D eigenvalue weighted by Crippen LogP contribution is -2.41. The largest absolute Gasteiger partial charge is 0.481 e. The Balaban J connectivity index is 2.58. The van der Waals surface area contributed by atoms with Crippen LogP contribution in [0.1, 0.15) is 6.42 Å². The summed E-state index contributed by atoms with van der Waals surface area (Å²) in [6.45, 7) is 0. The van der Waals surface area contributed by atoms with Gasteiger partial charge in [-0.15, -0.1) is 0 Å². The number of halogens is 1. The van der Waals surface area contributed by atoms with Crippen molar-refractivity contribution in [3.8, 4) is 0 Å². The molecule has 0 saturated heterocycles. The van der Waals surface area contributed by atoms with E-state index in [1.54, 1.807) is 6.07 Å². The van der Waals surface area contributed by atoms with Gasteiger partial charge in [0, 0.05) is 4.47 Å². The molecule has 1 heterocycles. The molecule has 18 heavy (non-hydrogen) atoms. The molecule has 0 bridgehead atoms. The van der Waals surface area contributed by atoms with E-state index < -0.39 is 33.4 Å². The van der Waals surface area contributed by atoms with Crippen molar-refractivity contribution in [1.82, 2.24) is 0 Å². The molecule has 0 radical (unpaired) electrons. The molecule has 1 aliphatic heterocycles. The van der Waals surface area contributed by atoms with Gasteiger partial charge in [-0.2, -0.15) is 0 Å². The van der Waals surface area contributed by atoms with Crippen LogP contribution in [0.2, 0.25) is 0 Å². The maximum absolute atomic E-state index is 12.2. The second kappa shape index (κ2) is 4.36. The van der Waals surface area contributed by atoms with Crippen molar-refractivity contribution in [3.05, 3.63) is 22.7 Å². The van der Waals surface area contributed by atoms with Crippen LogP contribution in [-0.2, 0) is 19.4 Å². The Kier molecular flexibility index (Phi) is 3.16. The fourth-order valence-corrected chi connectivity index (χ4v) is 3.94. The van der Waals surface area contributed by atoms with E-state index in [2.05, 4.69) is 21.2 Å². The lowest BCUT2D eigenvalue weighted by Gasteiger charge is -2.23. The van der Waals surface area contributed by atoms with Crippen molar-refractivity contribution in [2.75, 3.05) is 5.32 Å². The molecular weight excluding hydrogens is 326 g/mol. The van der Waals surface area contributed by atoms with E-state index in [4.69, 9.17) is 5.11 Å². The highest BCUT2D eigenvalue weighted by molar-refractivity contribution is 9.10. The molecular formula is C10H8BrNO5S. The van der Waals surface area contributed by atoms with Gasteiger partial charge in [-0.1, -0.05) is 15.9 Å². The average Bonchev–Trinajstić information content (AvgIpc) is 2.26. The predicted molar refractivity (Wildman–Crippen MR) is 66.0 cm³/mol. The van der Waals surface area contributed by atoms with Crippen molar-refractivity contribution in [3.63, 3.8) is 0 Å². The van der Waals surface area contributed by atoms with E-state index in [1.165, 1.54) is 12.1 Å². The molecule has 1 unspecified atom stereocenters. The quantitative estimate of drug-likeness (QED) is 0.841. The smallest absolute Gasteiger partial charge is 0.305 e. The van der Waals surface area contributed by atoms with Crippen LogP contribution in [0, 0.1) is 0 Å². The first-order chi connectivity index (χ1) is 8.32. The van der Waals surface area contributed by atoms with Gasteiger partial charge in [0.25, 0.3) is 0 Å². The Bertz CT molecular complexity index is 640. The second-order valence-corrected chi connectivity index (χ2v) is 6.78. The molecule has 0 spiro atoms. The van der Waals surface area contributed by atoms with E-state index >= 15 is 0 Å². The summed E-state index contributed by atoms with van der Waals surface area (Å²) in [5.41, 5.74) is 0.171. The van der Waals surface area contributed by atoms with Crippen molar-refractivity contribution < 1.29 is 23.1 Å². The Labute approximate surface area is 111 Å². The summed E-state index contributed by atoms with van der Waals surface area (Å²) in [6, 6.07) is 4.39. The third kappa shape index (κ3) is 2.13. The number of carboxylic acid groups (broad SMARTS) is 1. The van der Waals surface area contributed by atoms with Gasteiger partial charge < -0.3 is 10.4 Å². The molecule has 96 valence electrons. The minimum Gasteiger partial charge on any atom is -0.481 e. The van der Waals surface area contributed by atoms with Crippen LogP contribution in [0.5, 0.6) is 0 Å². The molecule has 2 N–H and O–H groups in total. The van der Waals surface area contributed by atoms with E-state index in [0.717, 1.165) is 0 Å². The van der Waals surface area contributed by atoms with Crippen LogP contribution in [0.15, 0.2) is 27.6 Å². The molecule has 1 aromatic carbocycles. The van der Waals surface area contributed by atoms with E-state index in [0.29, 0.717) is 4.47 Å². The number of carbonyl (C=O) groups excluding carboxylic acids is 1. The third-order valence-corrected chi connectivity index (χ3v) is 5.11. The number of anilines is 1. The van der Waals surface area contributed by atoms with Gasteiger partial charge in [-0.3, -0.25) is 9.59 Å². The van der Waals surface area contributed by atoms with Crippen molar-refractivity contribution in [2.24, 2.45) is 0 Å². The number of amides is 1. The Morgan fingerprint density at radius 2 is 2.11 bits per heavy atom. The highest BCUT2D eigenvalue weighted by Gasteiger charge is 2.41. The van der Waals surface area contributed by atoms with Crippen LogP contribution in [0.3, 0.4) is 0 Å². The summed E-state index contributed by atoms with van der Waals surface area (Å²) in [4.78, 5) is 22.2. The second-order valence-electron chi connectivity index (χ2n) is 3.76. The van der Waals surface area contributed by atoms with Gasteiger partial charge in [0.1, 0.15) is 0 Å². The fraction of sp³-hybridized carbons (Fsp3) is 0.200. The zero-order valence-electron chi connectivity index (χ0n) is 8.88.